The van der Waals surface area contributed by atoms with E-state index in [2.05, 4.69) is 20.5 Å². The molecule has 1 saturated heterocycles. The molecule has 0 atom stereocenters. The van der Waals surface area contributed by atoms with Crippen molar-refractivity contribution in [1.29, 1.82) is 0 Å². The number of rotatable bonds is 7. The van der Waals surface area contributed by atoms with E-state index < -0.39 is 0 Å². The molecule has 1 aliphatic heterocycles. The first-order chi connectivity index (χ1) is 12.7. The number of carbonyl (C=O) groups excluding carboxylic acids is 1. The summed E-state index contributed by atoms with van der Waals surface area (Å²) < 4.78 is 5.34. The number of amides is 1. The lowest BCUT2D eigenvalue weighted by molar-refractivity contribution is 0.0398. The summed E-state index contributed by atoms with van der Waals surface area (Å²) in [5.74, 6) is 0.625. The molecule has 26 heavy (non-hydrogen) atoms. The van der Waals surface area contributed by atoms with Gasteiger partial charge in [-0.15, -0.1) is 0 Å². The number of nitrogens with zero attached hydrogens (tertiary/aromatic N) is 2. The number of aromatic nitrogens is 1. The Kier molecular flexibility index (Phi) is 6.82. The van der Waals surface area contributed by atoms with E-state index in [4.69, 9.17) is 16.3 Å². The monoisotopic (exact) mass is 374 g/mol. The van der Waals surface area contributed by atoms with Crippen LogP contribution in [0.15, 0.2) is 42.6 Å². The maximum atomic E-state index is 12.2. The van der Waals surface area contributed by atoms with E-state index in [9.17, 15) is 4.79 Å². The second-order valence-electron chi connectivity index (χ2n) is 6.12. The van der Waals surface area contributed by atoms with E-state index in [1.54, 1.807) is 12.3 Å². The van der Waals surface area contributed by atoms with Crippen LogP contribution in [0.25, 0.3) is 0 Å². The van der Waals surface area contributed by atoms with Crippen LogP contribution in [0.2, 0.25) is 5.02 Å². The fourth-order valence-corrected chi connectivity index (χ4v) is 2.81. The zero-order valence-electron chi connectivity index (χ0n) is 14.6. The molecule has 138 valence electrons. The third-order valence-electron chi connectivity index (χ3n) is 4.23. The van der Waals surface area contributed by atoms with Crippen LogP contribution >= 0.6 is 11.6 Å². The van der Waals surface area contributed by atoms with Gasteiger partial charge in [0.15, 0.2) is 0 Å². The molecule has 2 N–H and O–H groups in total. The molecule has 1 aromatic heterocycles. The van der Waals surface area contributed by atoms with E-state index >= 15 is 0 Å². The van der Waals surface area contributed by atoms with Gasteiger partial charge in [0.05, 0.1) is 18.8 Å². The highest BCUT2D eigenvalue weighted by Gasteiger charge is 2.10. The molecule has 0 unspecified atom stereocenters. The number of pyridine rings is 1. The molecule has 0 saturated carbocycles. The zero-order valence-corrected chi connectivity index (χ0v) is 15.3. The highest BCUT2D eigenvalue weighted by Crippen LogP contribution is 2.10. The average Bonchev–Trinajstić information content (AvgIpc) is 2.69. The third kappa shape index (κ3) is 5.69. The maximum absolute atomic E-state index is 12.2. The molecule has 2 aromatic rings. The van der Waals surface area contributed by atoms with E-state index in [1.165, 1.54) is 0 Å². The minimum absolute atomic E-state index is 0.146. The van der Waals surface area contributed by atoms with Crippen LogP contribution in [0.1, 0.15) is 15.9 Å². The molecule has 1 aliphatic rings. The summed E-state index contributed by atoms with van der Waals surface area (Å²) in [5, 5.41) is 6.84. The summed E-state index contributed by atoms with van der Waals surface area (Å²) in [4.78, 5) is 18.9. The van der Waals surface area contributed by atoms with Crippen molar-refractivity contribution in [3.05, 3.63) is 58.7 Å². The summed E-state index contributed by atoms with van der Waals surface area (Å²) in [6.45, 7) is 5.78. The molecular formula is C19H23ClN4O2. The number of benzene rings is 1. The van der Waals surface area contributed by atoms with E-state index in [-0.39, 0.29) is 5.91 Å². The molecule has 3 rings (SSSR count). The van der Waals surface area contributed by atoms with Gasteiger partial charge in [-0.3, -0.25) is 9.69 Å². The molecule has 1 fully saturated rings. The van der Waals surface area contributed by atoms with Crippen molar-refractivity contribution < 1.29 is 9.53 Å². The average molecular weight is 375 g/mol. The van der Waals surface area contributed by atoms with Crippen molar-refractivity contribution in [2.45, 2.75) is 6.54 Å². The van der Waals surface area contributed by atoms with Crippen LogP contribution in [0, 0.1) is 0 Å². The fourth-order valence-electron chi connectivity index (χ4n) is 2.69. The van der Waals surface area contributed by atoms with Crippen molar-refractivity contribution in [2.75, 3.05) is 44.7 Å². The van der Waals surface area contributed by atoms with Crippen LogP contribution in [0.4, 0.5) is 5.82 Å². The van der Waals surface area contributed by atoms with Gasteiger partial charge in [-0.1, -0.05) is 23.7 Å². The van der Waals surface area contributed by atoms with E-state index in [0.29, 0.717) is 17.1 Å². The van der Waals surface area contributed by atoms with Crippen molar-refractivity contribution in [1.82, 2.24) is 15.2 Å². The Morgan fingerprint density at radius 2 is 1.92 bits per heavy atom. The quantitative estimate of drug-likeness (QED) is 0.779. The number of hydrogen-bond donors (Lipinski definition) is 2. The van der Waals surface area contributed by atoms with Gasteiger partial charge in [0.2, 0.25) is 0 Å². The lowest BCUT2D eigenvalue weighted by atomic mass is 10.2. The minimum Gasteiger partial charge on any atom is -0.379 e. The minimum atomic E-state index is -0.146. The molecule has 0 spiro atoms. The van der Waals surface area contributed by atoms with Crippen LogP contribution in [0.5, 0.6) is 0 Å². The third-order valence-corrected chi connectivity index (χ3v) is 4.48. The molecule has 0 bridgehead atoms. The van der Waals surface area contributed by atoms with Gasteiger partial charge in [-0.2, -0.15) is 0 Å². The topological polar surface area (TPSA) is 66.5 Å². The Labute approximate surface area is 158 Å². The summed E-state index contributed by atoms with van der Waals surface area (Å²) >= 11 is 5.86. The number of nitrogens with one attached hydrogen (secondary N) is 2. The lowest BCUT2D eigenvalue weighted by Gasteiger charge is -2.26. The summed E-state index contributed by atoms with van der Waals surface area (Å²) in [6.07, 6.45) is 1.59. The summed E-state index contributed by atoms with van der Waals surface area (Å²) in [5.41, 5.74) is 1.54. The predicted molar refractivity (Wildman–Crippen MR) is 103 cm³/mol. The SMILES string of the molecule is O=C(NCc1ccc(Cl)cc1)c1ccc(NCCN2CCOCC2)nc1. The molecule has 6 nitrogen and oxygen atoms in total. The van der Waals surface area contributed by atoms with E-state index in [1.807, 2.05) is 30.3 Å². The Morgan fingerprint density at radius 1 is 1.15 bits per heavy atom. The number of halogens is 1. The van der Waals surface area contributed by atoms with E-state index in [0.717, 1.165) is 50.8 Å². The number of carbonyl (C=O) groups is 1. The Balaban J connectivity index is 1.42. The number of anilines is 1. The van der Waals surface area contributed by atoms with Gasteiger partial charge in [-0.25, -0.2) is 4.98 Å². The second kappa shape index (κ2) is 9.52. The highest BCUT2D eigenvalue weighted by molar-refractivity contribution is 6.30. The molecule has 1 amide bonds. The Hall–Kier alpha value is -2.15. The van der Waals surface area contributed by atoms with Gasteiger partial charge in [0, 0.05) is 43.9 Å². The molecule has 2 heterocycles. The van der Waals surface area contributed by atoms with Crippen LogP contribution in [0.3, 0.4) is 0 Å². The zero-order chi connectivity index (χ0) is 18.2. The maximum Gasteiger partial charge on any atom is 0.253 e. The fraction of sp³-hybridized carbons (Fsp3) is 0.368. The second-order valence-corrected chi connectivity index (χ2v) is 6.56. The molecule has 0 radical (unpaired) electrons. The van der Waals surface area contributed by atoms with Crippen molar-refractivity contribution >= 4 is 23.3 Å². The van der Waals surface area contributed by atoms with Gasteiger partial charge in [-0.05, 0) is 29.8 Å². The molecule has 0 aliphatic carbocycles. The van der Waals surface area contributed by atoms with Gasteiger partial charge < -0.3 is 15.4 Å². The summed E-state index contributed by atoms with van der Waals surface area (Å²) in [6, 6.07) is 11.0. The van der Waals surface area contributed by atoms with Crippen LogP contribution in [-0.4, -0.2) is 55.2 Å². The largest absolute Gasteiger partial charge is 0.379 e. The smallest absolute Gasteiger partial charge is 0.253 e. The summed E-state index contributed by atoms with van der Waals surface area (Å²) in [7, 11) is 0. The molecule has 1 aromatic carbocycles. The van der Waals surface area contributed by atoms with Crippen LogP contribution < -0.4 is 10.6 Å². The Bertz CT molecular complexity index is 700. The molecular weight excluding hydrogens is 352 g/mol. The number of morpholine rings is 1. The Morgan fingerprint density at radius 3 is 2.62 bits per heavy atom. The van der Waals surface area contributed by atoms with Crippen molar-refractivity contribution in [3.8, 4) is 0 Å². The van der Waals surface area contributed by atoms with Gasteiger partial charge in [0.25, 0.3) is 5.91 Å². The van der Waals surface area contributed by atoms with Gasteiger partial charge in [0.1, 0.15) is 5.82 Å². The van der Waals surface area contributed by atoms with Crippen molar-refractivity contribution in [3.63, 3.8) is 0 Å². The first-order valence-electron chi connectivity index (χ1n) is 8.73. The van der Waals surface area contributed by atoms with Gasteiger partial charge >= 0.3 is 0 Å². The lowest BCUT2D eigenvalue weighted by Crippen LogP contribution is -2.39. The van der Waals surface area contributed by atoms with Crippen molar-refractivity contribution in [2.24, 2.45) is 0 Å². The standard InChI is InChI=1S/C19H23ClN4O2/c20-17-4-1-15(2-5-17)13-23-19(25)16-3-6-18(22-14-16)21-7-8-24-9-11-26-12-10-24/h1-6,14H,7-13H2,(H,21,22)(H,23,25). The molecule has 7 heteroatoms. The normalized spacial score (nSPS) is 14.8. The highest BCUT2D eigenvalue weighted by atomic mass is 35.5. The number of hydrogen-bond acceptors (Lipinski definition) is 5. The predicted octanol–water partition coefficient (Wildman–Crippen LogP) is 2.41. The first-order valence-corrected chi connectivity index (χ1v) is 9.11. The first kappa shape index (κ1) is 18.6. The number of ether oxygens (including phenoxy) is 1. The van der Waals surface area contributed by atoms with Crippen LogP contribution in [-0.2, 0) is 11.3 Å².